The molecule has 1 heterocycles. The Hall–Kier alpha value is -2.28. The molecule has 1 N–H and O–H groups in total. The number of carbonyl (C=O) groups excluding carboxylic acids is 1. The van der Waals surface area contributed by atoms with Crippen molar-refractivity contribution in [3.05, 3.63) is 23.8 Å². The van der Waals surface area contributed by atoms with Gasteiger partial charge in [-0.1, -0.05) is 6.07 Å². The number of hydrogen-bond acceptors (Lipinski definition) is 5. The summed E-state index contributed by atoms with van der Waals surface area (Å²) in [7, 11) is 3.22. The van der Waals surface area contributed by atoms with E-state index in [2.05, 4.69) is 11.8 Å². The molecule has 1 saturated heterocycles. The van der Waals surface area contributed by atoms with E-state index in [-0.39, 0.29) is 11.9 Å². The van der Waals surface area contributed by atoms with E-state index >= 15 is 0 Å². The van der Waals surface area contributed by atoms with Crippen molar-refractivity contribution in [3.63, 3.8) is 0 Å². The fraction of sp³-hybridized carbons (Fsp3) is 0.529. The molecule has 0 aliphatic carbocycles. The predicted molar refractivity (Wildman–Crippen MR) is 88.4 cm³/mol. The monoisotopic (exact) mass is 336 g/mol. The van der Waals surface area contributed by atoms with Crippen molar-refractivity contribution in [2.45, 2.75) is 19.4 Å². The van der Waals surface area contributed by atoms with E-state index in [4.69, 9.17) is 14.6 Å². The number of amides is 1. The van der Waals surface area contributed by atoms with Crippen molar-refractivity contribution in [1.29, 1.82) is 0 Å². The number of carbonyl (C=O) groups is 2. The Balaban J connectivity index is 1.99. The highest BCUT2D eigenvalue weighted by atomic mass is 16.5. The third kappa shape index (κ3) is 4.17. The average molecular weight is 336 g/mol. The van der Waals surface area contributed by atoms with E-state index in [9.17, 15) is 9.59 Å². The molecule has 24 heavy (non-hydrogen) atoms. The maximum Gasteiger partial charge on any atom is 0.312 e. The summed E-state index contributed by atoms with van der Waals surface area (Å²) >= 11 is 0. The molecule has 0 bridgehead atoms. The highest BCUT2D eigenvalue weighted by molar-refractivity contribution is 5.93. The summed E-state index contributed by atoms with van der Waals surface area (Å²) in [4.78, 5) is 26.3. The molecule has 0 radical (unpaired) electrons. The van der Waals surface area contributed by atoms with Crippen LogP contribution in [0.5, 0.6) is 11.5 Å². The standard InChI is InChI=1S/C17H24N2O5/c1-12(13-4-5-14(23-2)15(10-13)24-3)18-6-8-19(9-7-18)16(20)11-17(21)22/h4-5,10,12H,6-9,11H2,1-3H3,(H,21,22). The molecule has 1 fully saturated rings. The van der Waals surface area contributed by atoms with Gasteiger partial charge in [-0.15, -0.1) is 0 Å². The molecule has 1 aliphatic rings. The first-order valence-corrected chi connectivity index (χ1v) is 7.91. The zero-order valence-electron chi connectivity index (χ0n) is 14.3. The fourth-order valence-corrected chi connectivity index (χ4v) is 2.92. The number of benzene rings is 1. The smallest absolute Gasteiger partial charge is 0.312 e. The van der Waals surface area contributed by atoms with Gasteiger partial charge in [-0.3, -0.25) is 14.5 Å². The lowest BCUT2D eigenvalue weighted by Gasteiger charge is -2.38. The van der Waals surface area contributed by atoms with E-state index in [1.165, 1.54) is 0 Å². The molecule has 132 valence electrons. The number of hydrogen-bond donors (Lipinski definition) is 1. The second-order valence-corrected chi connectivity index (χ2v) is 5.78. The highest BCUT2D eigenvalue weighted by Crippen LogP contribution is 2.32. The number of aliphatic carboxylic acids is 1. The van der Waals surface area contributed by atoms with Crippen LogP contribution in [0.1, 0.15) is 24.9 Å². The summed E-state index contributed by atoms with van der Waals surface area (Å²) in [6, 6.07) is 6.03. The summed E-state index contributed by atoms with van der Waals surface area (Å²) in [6.07, 6.45) is -0.439. The van der Waals surface area contributed by atoms with E-state index in [0.29, 0.717) is 37.7 Å². The van der Waals surface area contributed by atoms with Crippen LogP contribution in [0.4, 0.5) is 0 Å². The van der Waals surface area contributed by atoms with Crippen molar-refractivity contribution >= 4 is 11.9 Å². The topological polar surface area (TPSA) is 79.3 Å². The van der Waals surface area contributed by atoms with Gasteiger partial charge in [0, 0.05) is 32.2 Å². The van der Waals surface area contributed by atoms with Crippen LogP contribution in [0.2, 0.25) is 0 Å². The largest absolute Gasteiger partial charge is 0.493 e. The Morgan fingerprint density at radius 2 is 1.75 bits per heavy atom. The normalized spacial score (nSPS) is 16.5. The lowest BCUT2D eigenvalue weighted by molar-refractivity contribution is -0.145. The van der Waals surface area contributed by atoms with Crippen molar-refractivity contribution in [2.24, 2.45) is 0 Å². The molecule has 1 atom stereocenters. The molecule has 2 rings (SSSR count). The molecule has 0 spiro atoms. The predicted octanol–water partition coefficient (Wildman–Crippen LogP) is 1.38. The van der Waals surface area contributed by atoms with Crippen molar-refractivity contribution in [2.75, 3.05) is 40.4 Å². The molecule has 0 saturated carbocycles. The Labute approximate surface area is 141 Å². The molecule has 1 aromatic rings. The fourth-order valence-electron chi connectivity index (χ4n) is 2.92. The van der Waals surface area contributed by atoms with E-state index in [1.54, 1.807) is 19.1 Å². The zero-order chi connectivity index (χ0) is 17.7. The van der Waals surface area contributed by atoms with Gasteiger partial charge in [0.25, 0.3) is 0 Å². The molecular weight excluding hydrogens is 312 g/mol. The first kappa shape index (κ1) is 18.1. The van der Waals surface area contributed by atoms with E-state index in [0.717, 1.165) is 5.56 Å². The van der Waals surface area contributed by atoms with Crippen LogP contribution < -0.4 is 9.47 Å². The number of rotatable bonds is 6. The molecule has 7 nitrogen and oxygen atoms in total. The summed E-state index contributed by atoms with van der Waals surface area (Å²) in [6.45, 7) is 4.62. The van der Waals surface area contributed by atoms with Gasteiger partial charge in [-0.2, -0.15) is 0 Å². The van der Waals surface area contributed by atoms with Gasteiger partial charge in [-0.25, -0.2) is 0 Å². The minimum Gasteiger partial charge on any atom is -0.493 e. The zero-order valence-corrected chi connectivity index (χ0v) is 14.3. The van der Waals surface area contributed by atoms with E-state index < -0.39 is 12.4 Å². The van der Waals surface area contributed by atoms with Gasteiger partial charge in [0.2, 0.25) is 5.91 Å². The quantitative estimate of drug-likeness (QED) is 0.791. The molecule has 0 aromatic heterocycles. The average Bonchev–Trinajstić information content (AvgIpc) is 2.60. The van der Waals surface area contributed by atoms with Crippen LogP contribution in [0.15, 0.2) is 18.2 Å². The van der Waals surface area contributed by atoms with Crippen LogP contribution >= 0.6 is 0 Å². The first-order chi connectivity index (χ1) is 11.5. The second-order valence-electron chi connectivity index (χ2n) is 5.78. The molecule has 1 aliphatic heterocycles. The molecule has 1 amide bonds. The minimum atomic E-state index is -1.08. The van der Waals surface area contributed by atoms with Crippen LogP contribution in [0.3, 0.4) is 0 Å². The van der Waals surface area contributed by atoms with Crippen molar-refractivity contribution in [1.82, 2.24) is 9.80 Å². The summed E-state index contributed by atoms with van der Waals surface area (Å²) in [5, 5.41) is 8.72. The molecule has 7 heteroatoms. The van der Waals surface area contributed by atoms with Crippen molar-refractivity contribution in [3.8, 4) is 11.5 Å². The van der Waals surface area contributed by atoms with Crippen LogP contribution in [0.25, 0.3) is 0 Å². The SMILES string of the molecule is COc1ccc(C(C)N2CCN(C(=O)CC(=O)O)CC2)cc1OC. The second kappa shape index (κ2) is 8.01. The van der Waals surface area contributed by atoms with Crippen LogP contribution in [-0.2, 0) is 9.59 Å². The van der Waals surface area contributed by atoms with Crippen LogP contribution in [0, 0.1) is 0 Å². The van der Waals surface area contributed by atoms with Gasteiger partial charge in [-0.05, 0) is 24.6 Å². The van der Waals surface area contributed by atoms with Gasteiger partial charge in [0.1, 0.15) is 6.42 Å². The van der Waals surface area contributed by atoms with Crippen LogP contribution in [-0.4, -0.2) is 67.2 Å². The maximum atomic E-state index is 11.8. The Morgan fingerprint density at radius 1 is 1.12 bits per heavy atom. The third-order valence-corrected chi connectivity index (χ3v) is 4.41. The van der Waals surface area contributed by atoms with E-state index in [1.807, 2.05) is 18.2 Å². The third-order valence-electron chi connectivity index (χ3n) is 4.41. The van der Waals surface area contributed by atoms with Gasteiger partial charge < -0.3 is 19.5 Å². The molecule has 1 aromatic carbocycles. The van der Waals surface area contributed by atoms with Gasteiger partial charge in [0.15, 0.2) is 11.5 Å². The van der Waals surface area contributed by atoms with Crippen molar-refractivity contribution < 1.29 is 24.2 Å². The minimum absolute atomic E-state index is 0.168. The Morgan fingerprint density at radius 3 is 2.29 bits per heavy atom. The number of methoxy groups -OCH3 is 2. The lowest BCUT2D eigenvalue weighted by Crippen LogP contribution is -2.49. The summed E-state index contributed by atoms with van der Waals surface area (Å²) < 4.78 is 10.6. The Kier molecular flexibility index (Phi) is 6.03. The summed E-state index contributed by atoms with van der Waals surface area (Å²) in [5.74, 6) is -0.0169. The Bertz CT molecular complexity index is 597. The molecule has 1 unspecified atom stereocenters. The lowest BCUT2D eigenvalue weighted by atomic mass is 10.1. The number of ether oxygens (including phenoxy) is 2. The number of carboxylic acid groups (broad SMARTS) is 1. The number of carboxylic acids is 1. The first-order valence-electron chi connectivity index (χ1n) is 7.91. The number of piperazine rings is 1. The molecular formula is C17H24N2O5. The highest BCUT2D eigenvalue weighted by Gasteiger charge is 2.26. The van der Waals surface area contributed by atoms with Gasteiger partial charge in [0.05, 0.1) is 14.2 Å². The summed E-state index contributed by atoms with van der Waals surface area (Å²) in [5.41, 5.74) is 1.11. The number of nitrogens with zero attached hydrogens (tertiary/aromatic N) is 2. The maximum absolute atomic E-state index is 11.8. The van der Waals surface area contributed by atoms with Gasteiger partial charge >= 0.3 is 5.97 Å².